The molecule has 1 heterocycles. The van der Waals surface area contributed by atoms with Crippen LogP contribution in [0.2, 0.25) is 0 Å². The lowest BCUT2D eigenvalue weighted by Gasteiger charge is -2.15. The average Bonchev–Trinajstić information content (AvgIpc) is 2.99. The molecular formula is C13H18N2O2S2. The maximum absolute atomic E-state index is 12.1. The summed E-state index contributed by atoms with van der Waals surface area (Å²) in [5.41, 5.74) is 5.64. The molecule has 1 unspecified atom stereocenters. The van der Waals surface area contributed by atoms with E-state index < -0.39 is 5.91 Å². The monoisotopic (exact) mass is 298 g/mol. The summed E-state index contributed by atoms with van der Waals surface area (Å²) >= 11 is 3.05. The van der Waals surface area contributed by atoms with Crippen molar-refractivity contribution in [1.29, 1.82) is 0 Å². The molecule has 2 amide bonds. The van der Waals surface area contributed by atoms with Gasteiger partial charge in [-0.25, -0.2) is 0 Å². The van der Waals surface area contributed by atoms with E-state index in [2.05, 4.69) is 5.32 Å². The molecule has 0 radical (unpaired) electrons. The molecule has 104 valence electrons. The molecule has 2 rings (SSSR count). The Labute approximate surface area is 121 Å². The third-order valence-corrected chi connectivity index (χ3v) is 5.54. The maximum Gasteiger partial charge on any atom is 0.251 e. The number of hydrogen-bond donors (Lipinski definition) is 2. The lowest BCUT2D eigenvalue weighted by atomic mass is 10.3. The van der Waals surface area contributed by atoms with E-state index in [0.29, 0.717) is 15.8 Å². The zero-order chi connectivity index (χ0) is 13.8. The number of nitrogens with two attached hydrogens (primary N) is 1. The van der Waals surface area contributed by atoms with Gasteiger partial charge in [-0.1, -0.05) is 12.8 Å². The third kappa shape index (κ3) is 3.73. The van der Waals surface area contributed by atoms with Crippen molar-refractivity contribution in [2.75, 3.05) is 5.32 Å². The molecule has 0 spiro atoms. The van der Waals surface area contributed by atoms with E-state index >= 15 is 0 Å². The van der Waals surface area contributed by atoms with Crippen molar-refractivity contribution in [2.24, 2.45) is 5.73 Å². The number of carbonyl (C=O) groups is 2. The normalized spacial score (nSPS) is 17.3. The zero-order valence-electron chi connectivity index (χ0n) is 10.8. The van der Waals surface area contributed by atoms with E-state index in [-0.39, 0.29) is 11.2 Å². The van der Waals surface area contributed by atoms with Crippen LogP contribution in [0.1, 0.15) is 43.0 Å². The fourth-order valence-electron chi connectivity index (χ4n) is 2.19. The smallest absolute Gasteiger partial charge is 0.251 e. The fraction of sp³-hybridized carbons (Fsp3) is 0.538. The van der Waals surface area contributed by atoms with Crippen molar-refractivity contribution in [3.63, 3.8) is 0 Å². The average molecular weight is 298 g/mol. The van der Waals surface area contributed by atoms with Crippen LogP contribution in [-0.4, -0.2) is 22.3 Å². The highest BCUT2D eigenvalue weighted by atomic mass is 32.2. The molecular weight excluding hydrogens is 280 g/mol. The molecule has 1 aromatic heterocycles. The number of anilines is 1. The molecule has 1 atom stereocenters. The molecule has 4 nitrogen and oxygen atoms in total. The molecule has 3 N–H and O–H groups in total. The number of rotatable bonds is 5. The molecule has 1 aliphatic carbocycles. The van der Waals surface area contributed by atoms with Gasteiger partial charge in [0.25, 0.3) is 5.91 Å². The van der Waals surface area contributed by atoms with Gasteiger partial charge in [-0.15, -0.1) is 23.1 Å². The van der Waals surface area contributed by atoms with Crippen molar-refractivity contribution in [2.45, 2.75) is 43.1 Å². The Morgan fingerprint density at radius 2 is 2.16 bits per heavy atom. The van der Waals surface area contributed by atoms with E-state index in [9.17, 15) is 9.59 Å². The Morgan fingerprint density at radius 1 is 1.47 bits per heavy atom. The Bertz CT molecular complexity index is 467. The minimum Gasteiger partial charge on any atom is -0.366 e. The molecule has 1 aliphatic rings. The largest absolute Gasteiger partial charge is 0.366 e. The number of thiophene rings is 1. The van der Waals surface area contributed by atoms with Gasteiger partial charge in [-0.2, -0.15) is 0 Å². The van der Waals surface area contributed by atoms with Crippen LogP contribution in [0.3, 0.4) is 0 Å². The van der Waals surface area contributed by atoms with E-state index in [4.69, 9.17) is 5.73 Å². The van der Waals surface area contributed by atoms with Crippen LogP contribution < -0.4 is 11.1 Å². The maximum atomic E-state index is 12.1. The van der Waals surface area contributed by atoms with Gasteiger partial charge in [0.2, 0.25) is 5.91 Å². The molecule has 19 heavy (non-hydrogen) atoms. The van der Waals surface area contributed by atoms with Crippen molar-refractivity contribution >= 4 is 39.9 Å². The van der Waals surface area contributed by atoms with Gasteiger partial charge in [0.15, 0.2) is 0 Å². The summed E-state index contributed by atoms with van der Waals surface area (Å²) in [6, 6.07) is 1.64. The van der Waals surface area contributed by atoms with Crippen molar-refractivity contribution in [3.05, 3.63) is 17.0 Å². The van der Waals surface area contributed by atoms with Gasteiger partial charge < -0.3 is 11.1 Å². The van der Waals surface area contributed by atoms with Gasteiger partial charge in [0.05, 0.1) is 10.8 Å². The summed E-state index contributed by atoms with van der Waals surface area (Å²) in [6.07, 6.45) is 4.94. The summed E-state index contributed by atoms with van der Waals surface area (Å²) in [7, 11) is 0. The lowest BCUT2D eigenvalue weighted by Crippen LogP contribution is -2.25. The number of primary amides is 1. The predicted octanol–water partition coefficient (Wildman–Crippen LogP) is 2.85. The first-order valence-electron chi connectivity index (χ1n) is 6.41. The highest BCUT2D eigenvalue weighted by molar-refractivity contribution is 8.01. The lowest BCUT2D eigenvalue weighted by molar-refractivity contribution is -0.115. The second kappa shape index (κ2) is 6.43. The van der Waals surface area contributed by atoms with E-state index in [1.165, 1.54) is 37.0 Å². The van der Waals surface area contributed by atoms with Crippen molar-refractivity contribution in [3.8, 4) is 0 Å². The first-order chi connectivity index (χ1) is 9.08. The third-order valence-electron chi connectivity index (χ3n) is 3.24. The van der Waals surface area contributed by atoms with Gasteiger partial charge in [0.1, 0.15) is 5.00 Å². The fourth-order valence-corrected chi connectivity index (χ4v) is 4.35. The van der Waals surface area contributed by atoms with Crippen LogP contribution in [0, 0.1) is 0 Å². The van der Waals surface area contributed by atoms with E-state index in [0.717, 1.165) is 0 Å². The molecule has 1 aromatic rings. The number of hydrogen-bond acceptors (Lipinski definition) is 4. The molecule has 6 heteroatoms. The van der Waals surface area contributed by atoms with Crippen molar-refractivity contribution in [1.82, 2.24) is 0 Å². The van der Waals surface area contributed by atoms with Gasteiger partial charge in [-0.3, -0.25) is 9.59 Å². The Hall–Kier alpha value is -1.01. The standard InChI is InChI=1S/C13H18N2O2S2/c1-8(19-9-4-2-3-5-9)12(17)15-13-10(11(14)16)6-7-18-13/h6-9H,2-5H2,1H3,(H2,14,16)(H,15,17). The molecule has 1 fully saturated rings. The summed E-state index contributed by atoms with van der Waals surface area (Å²) < 4.78 is 0. The summed E-state index contributed by atoms with van der Waals surface area (Å²) in [5, 5.41) is 5.60. The van der Waals surface area contributed by atoms with Crippen LogP contribution in [-0.2, 0) is 4.79 Å². The Balaban J connectivity index is 1.92. The summed E-state index contributed by atoms with van der Waals surface area (Å²) in [6.45, 7) is 1.91. The van der Waals surface area contributed by atoms with Crippen LogP contribution in [0.4, 0.5) is 5.00 Å². The topological polar surface area (TPSA) is 72.2 Å². The van der Waals surface area contributed by atoms with Gasteiger partial charge in [0, 0.05) is 5.25 Å². The quantitative estimate of drug-likeness (QED) is 0.878. The predicted molar refractivity (Wildman–Crippen MR) is 80.8 cm³/mol. The van der Waals surface area contributed by atoms with Gasteiger partial charge in [-0.05, 0) is 31.2 Å². The van der Waals surface area contributed by atoms with Crippen LogP contribution in [0.5, 0.6) is 0 Å². The molecule has 0 saturated heterocycles. The van der Waals surface area contributed by atoms with Crippen LogP contribution in [0.15, 0.2) is 11.4 Å². The molecule has 0 bridgehead atoms. The number of carbonyl (C=O) groups excluding carboxylic acids is 2. The highest BCUT2D eigenvalue weighted by Crippen LogP contribution is 2.33. The SMILES string of the molecule is CC(SC1CCCC1)C(=O)Nc1sccc1C(N)=O. The second-order valence-corrected chi connectivity index (χ2v) is 7.26. The second-order valence-electron chi connectivity index (χ2n) is 4.70. The Morgan fingerprint density at radius 3 is 2.79 bits per heavy atom. The zero-order valence-corrected chi connectivity index (χ0v) is 12.5. The minimum absolute atomic E-state index is 0.0538. The number of nitrogens with one attached hydrogen (secondary N) is 1. The number of amides is 2. The van der Waals surface area contributed by atoms with E-state index in [1.807, 2.05) is 6.92 Å². The van der Waals surface area contributed by atoms with Crippen LogP contribution >= 0.6 is 23.1 Å². The van der Waals surface area contributed by atoms with Gasteiger partial charge >= 0.3 is 0 Å². The van der Waals surface area contributed by atoms with Crippen LogP contribution in [0.25, 0.3) is 0 Å². The van der Waals surface area contributed by atoms with E-state index in [1.54, 1.807) is 23.2 Å². The molecule has 0 aliphatic heterocycles. The van der Waals surface area contributed by atoms with Crippen molar-refractivity contribution < 1.29 is 9.59 Å². The summed E-state index contributed by atoms with van der Waals surface area (Å²) in [5.74, 6) is -0.561. The summed E-state index contributed by atoms with van der Waals surface area (Å²) in [4.78, 5) is 23.3. The number of thioether (sulfide) groups is 1. The first-order valence-corrected chi connectivity index (χ1v) is 8.24. The molecule has 0 aromatic carbocycles. The molecule has 1 saturated carbocycles. The minimum atomic E-state index is -0.507. The first kappa shape index (κ1) is 14.4. The Kier molecular flexibility index (Phi) is 4.87. The highest BCUT2D eigenvalue weighted by Gasteiger charge is 2.23.